The molecule has 0 aliphatic carbocycles. The number of nitrogens with zero attached hydrogens (tertiary/aromatic N) is 1. The molecule has 0 saturated carbocycles. The molecule has 122 valence electrons. The van der Waals surface area contributed by atoms with Crippen LogP contribution in [0.3, 0.4) is 0 Å². The Bertz CT molecular complexity index is 534. The van der Waals surface area contributed by atoms with Crippen LogP contribution in [0.4, 0.5) is 8.78 Å². The Labute approximate surface area is 128 Å². The number of para-hydroxylation sites is 1. The summed E-state index contributed by atoms with van der Waals surface area (Å²) in [4.78, 5) is 4.10. The number of aliphatic imine (C=N–C) groups is 1. The van der Waals surface area contributed by atoms with Gasteiger partial charge < -0.3 is 20.5 Å². The molecule has 3 N–H and O–H groups in total. The molecule has 1 aromatic carbocycles. The smallest absolute Gasteiger partial charge is 0.387 e. The van der Waals surface area contributed by atoms with Gasteiger partial charge in [-0.25, -0.2) is 4.99 Å². The molecule has 1 rings (SSSR count). The molecule has 0 aromatic heterocycles. The number of hydrogen-bond acceptors (Lipinski definition) is 3. The van der Waals surface area contributed by atoms with E-state index in [0.29, 0.717) is 18.7 Å². The van der Waals surface area contributed by atoms with E-state index in [-0.39, 0.29) is 24.0 Å². The third-order valence-corrected chi connectivity index (χ3v) is 2.56. The largest absolute Gasteiger partial charge is 0.490 e. The minimum Gasteiger partial charge on any atom is -0.490 e. The average molecular weight is 313 g/mol. The average Bonchev–Trinajstić information content (AvgIpc) is 2.45. The molecule has 0 fully saturated rings. The van der Waals surface area contributed by atoms with Crippen molar-refractivity contribution in [3.05, 3.63) is 35.9 Å². The molecule has 0 heterocycles. The van der Waals surface area contributed by atoms with Crippen molar-refractivity contribution >= 4 is 5.96 Å². The Morgan fingerprint density at radius 2 is 2.18 bits per heavy atom. The quantitative estimate of drug-likeness (QED) is 0.440. The van der Waals surface area contributed by atoms with Gasteiger partial charge in [-0.05, 0) is 19.9 Å². The maximum Gasteiger partial charge on any atom is 0.387 e. The summed E-state index contributed by atoms with van der Waals surface area (Å²) in [5.41, 5.74) is 7.06. The van der Waals surface area contributed by atoms with Crippen LogP contribution in [0.1, 0.15) is 19.4 Å². The van der Waals surface area contributed by atoms with E-state index in [2.05, 4.69) is 21.6 Å². The lowest BCUT2D eigenvalue weighted by Gasteiger charge is -2.14. The van der Waals surface area contributed by atoms with E-state index in [9.17, 15) is 8.78 Å². The molecule has 7 heteroatoms. The first-order valence-electron chi connectivity index (χ1n) is 6.81. The summed E-state index contributed by atoms with van der Waals surface area (Å²) in [5, 5.41) is 2.86. The van der Waals surface area contributed by atoms with E-state index in [1.54, 1.807) is 25.1 Å². The summed E-state index contributed by atoms with van der Waals surface area (Å²) in [6, 6.07) is 4.89. The monoisotopic (exact) mass is 313 g/mol. The second kappa shape index (κ2) is 8.86. The van der Waals surface area contributed by atoms with Crippen LogP contribution in [0.25, 0.3) is 0 Å². The minimum atomic E-state index is -2.94. The number of alkyl halides is 2. The van der Waals surface area contributed by atoms with Gasteiger partial charge in [-0.3, -0.25) is 0 Å². The lowest BCUT2D eigenvalue weighted by atomic mass is 10.2. The van der Waals surface area contributed by atoms with Crippen LogP contribution in [0.5, 0.6) is 11.5 Å². The number of hydrogen-bond donors (Lipinski definition) is 2. The number of ether oxygens (including phenoxy) is 2. The molecule has 0 aliphatic heterocycles. The Morgan fingerprint density at radius 1 is 1.45 bits per heavy atom. The Hall–Kier alpha value is -2.31. The maximum atomic E-state index is 12.6. The number of nitrogens with one attached hydrogen (secondary N) is 1. The lowest BCUT2D eigenvalue weighted by molar-refractivity contribution is -0.0520. The third-order valence-electron chi connectivity index (χ3n) is 2.56. The first-order valence-corrected chi connectivity index (χ1v) is 6.81. The highest BCUT2D eigenvalue weighted by Crippen LogP contribution is 2.33. The van der Waals surface area contributed by atoms with Gasteiger partial charge >= 0.3 is 6.61 Å². The number of guanidine groups is 1. The maximum absolute atomic E-state index is 12.6. The van der Waals surface area contributed by atoms with E-state index in [0.717, 1.165) is 5.57 Å². The van der Waals surface area contributed by atoms with E-state index >= 15 is 0 Å². The Morgan fingerprint density at radius 3 is 2.77 bits per heavy atom. The highest BCUT2D eigenvalue weighted by molar-refractivity contribution is 5.78. The van der Waals surface area contributed by atoms with Gasteiger partial charge in [0.2, 0.25) is 0 Å². The molecule has 0 bridgehead atoms. The molecule has 0 radical (unpaired) electrons. The fraction of sp³-hybridized carbons (Fsp3) is 0.400. The van der Waals surface area contributed by atoms with E-state index in [4.69, 9.17) is 10.5 Å². The van der Waals surface area contributed by atoms with Crippen molar-refractivity contribution in [1.29, 1.82) is 0 Å². The predicted octanol–water partition coefficient (Wildman–Crippen LogP) is 2.67. The van der Waals surface area contributed by atoms with Crippen LogP contribution in [-0.4, -0.2) is 25.7 Å². The summed E-state index contributed by atoms with van der Waals surface area (Å²) in [7, 11) is 0. The molecule has 22 heavy (non-hydrogen) atoms. The van der Waals surface area contributed by atoms with Gasteiger partial charge in [-0.1, -0.05) is 24.3 Å². The zero-order chi connectivity index (χ0) is 16.5. The van der Waals surface area contributed by atoms with Gasteiger partial charge in [0.25, 0.3) is 0 Å². The normalized spacial score (nSPS) is 11.4. The fourth-order valence-electron chi connectivity index (χ4n) is 1.65. The highest BCUT2D eigenvalue weighted by Gasteiger charge is 2.15. The van der Waals surface area contributed by atoms with Crippen LogP contribution in [0, 0.1) is 0 Å². The van der Waals surface area contributed by atoms with Crippen LogP contribution >= 0.6 is 0 Å². The molecule has 0 atom stereocenters. The first-order chi connectivity index (χ1) is 10.4. The summed E-state index contributed by atoms with van der Waals surface area (Å²) >= 11 is 0. The minimum absolute atomic E-state index is 0.0178. The van der Waals surface area contributed by atoms with Gasteiger partial charge in [-0.15, -0.1) is 0 Å². The van der Waals surface area contributed by atoms with E-state index in [1.165, 1.54) is 0 Å². The highest BCUT2D eigenvalue weighted by atomic mass is 19.3. The van der Waals surface area contributed by atoms with Crippen LogP contribution in [0.15, 0.2) is 35.3 Å². The number of nitrogens with two attached hydrogens (primary N) is 1. The van der Waals surface area contributed by atoms with Gasteiger partial charge in [0.05, 0.1) is 13.2 Å². The van der Waals surface area contributed by atoms with Gasteiger partial charge in [-0.2, -0.15) is 8.78 Å². The zero-order valence-corrected chi connectivity index (χ0v) is 12.7. The summed E-state index contributed by atoms with van der Waals surface area (Å²) in [5.74, 6) is 0.438. The topological polar surface area (TPSA) is 68.9 Å². The zero-order valence-electron chi connectivity index (χ0n) is 12.7. The van der Waals surface area contributed by atoms with Gasteiger partial charge in [0, 0.05) is 12.1 Å². The number of halogens is 2. The molecule has 0 amide bonds. The fourth-order valence-corrected chi connectivity index (χ4v) is 1.65. The Kier molecular flexibility index (Phi) is 7.15. The van der Waals surface area contributed by atoms with E-state index in [1.807, 2.05) is 6.92 Å². The Balaban J connectivity index is 2.90. The van der Waals surface area contributed by atoms with Gasteiger partial charge in [0.15, 0.2) is 17.5 Å². The molecule has 1 aromatic rings. The molecule has 5 nitrogen and oxygen atoms in total. The molecular formula is C15H21F2N3O2. The second-order valence-corrected chi connectivity index (χ2v) is 4.57. The van der Waals surface area contributed by atoms with E-state index < -0.39 is 6.61 Å². The molecule has 0 unspecified atom stereocenters. The van der Waals surface area contributed by atoms with Crippen molar-refractivity contribution in [2.75, 3.05) is 13.2 Å². The molecule has 0 saturated heterocycles. The van der Waals surface area contributed by atoms with Crippen LogP contribution < -0.4 is 20.5 Å². The predicted molar refractivity (Wildman–Crippen MR) is 82.4 cm³/mol. The molecule has 0 aliphatic rings. The third kappa shape index (κ3) is 5.99. The SMILES string of the molecule is C=C(C)CNC(N)=NCc1cccc(OCC)c1OC(F)F. The van der Waals surface area contributed by atoms with Crippen molar-refractivity contribution in [3.8, 4) is 11.5 Å². The number of rotatable bonds is 8. The van der Waals surface area contributed by atoms with Crippen molar-refractivity contribution in [2.45, 2.75) is 27.0 Å². The van der Waals surface area contributed by atoms with Crippen LogP contribution in [0.2, 0.25) is 0 Å². The molecular weight excluding hydrogens is 292 g/mol. The summed E-state index contributed by atoms with van der Waals surface area (Å²) in [6.07, 6.45) is 0. The standard InChI is InChI=1S/C15H21F2N3O2/c1-4-21-12-7-5-6-11(13(12)22-14(16)17)9-20-15(18)19-8-10(2)3/h5-7,14H,2,4,8-9H2,1,3H3,(H3,18,19,20). The summed E-state index contributed by atoms with van der Waals surface area (Å²) in [6.45, 7) is 5.33. The number of benzene rings is 1. The van der Waals surface area contributed by atoms with Crippen molar-refractivity contribution in [1.82, 2.24) is 5.32 Å². The first kappa shape index (κ1) is 17.7. The molecule has 0 spiro atoms. The summed E-state index contributed by atoms with van der Waals surface area (Å²) < 4.78 is 35.0. The van der Waals surface area contributed by atoms with Crippen molar-refractivity contribution in [2.24, 2.45) is 10.7 Å². The van der Waals surface area contributed by atoms with Gasteiger partial charge in [0.1, 0.15) is 0 Å². The van der Waals surface area contributed by atoms with Crippen molar-refractivity contribution in [3.63, 3.8) is 0 Å². The van der Waals surface area contributed by atoms with Crippen molar-refractivity contribution < 1.29 is 18.3 Å². The lowest BCUT2D eigenvalue weighted by Crippen LogP contribution is -2.32. The van der Waals surface area contributed by atoms with Crippen LogP contribution in [-0.2, 0) is 6.54 Å². The second-order valence-electron chi connectivity index (χ2n) is 4.57.